The van der Waals surface area contributed by atoms with Crippen LogP contribution in [0.1, 0.15) is 23.4 Å². The van der Waals surface area contributed by atoms with Crippen molar-refractivity contribution >= 4 is 28.5 Å². The summed E-state index contributed by atoms with van der Waals surface area (Å²) in [5, 5.41) is 6.14. The molecule has 114 valence electrons. The second-order valence-corrected chi connectivity index (χ2v) is 6.39. The number of nitrogens with one attached hydrogen (secondary N) is 2. The van der Waals surface area contributed by atoms with Gasteiger partial charge >= 0.3 is 6.09 Å². The highest BCUT2D eigenvalue weighted by Gasteiger charge is 2.26. The highest BCUT2D eigenvalue weighted by Crippen LogP contribution is 2.28. The van der Waals surface area contributed by atoms with Gasteiger partial charge in [-0.25, -0.2) is 9.78 Å². The molecule has 8 heteroatoms. The van der Waals surface area contributed by atoms with Gasteiger partial charge in [0.05, 0.1) is 19.3 Å². The van der Waals surface area contributed by atoms with Gasteiger partial charge in [-0.1, -0.05) is 11.3 Å². The van der Waals surface area contributed by atoms with Gasteiger partial charge in [-0.3, -0.25) is 15.0 Å². The van der Waals surface area contributed by atoms with Crippen LogP contribution in [0.15, 0.2) is 0 Å². The summed E-state index contributed by atoms with van der Waals surface area (Å²) in [5.41, 5.74) is 1.00. The van der Waals surface area contributed by atoms with Crippen molar-refractivity contribution in [2.45, 2.75) is 31.8 Å². The van der Waals surface area contributed by atoms with E-state index in [4.69, 9.17) is 0 Å². The first kappa shape index (κ1) is 14.3. The fraction of sp³-hybridized carbons (Fsp3) is 0.615. The second-order valence-electron chi connectivity index (χ2n) is 5.31. The van der Waals surface area contributed by atoms with E-state index in [-0.39, 0.29) is 5.91 Å². The molecule has 1 aromatic heterocycles. The molecule has 0 atom stereocenters. The number of carbonyl (C=O) groups excluding carboxylic acids is 2. The number of anilines is 1. The van der Waals surface area contributed by atoms with Gasteiger partial charge in [0.25, 0.3) is 0 Å². The summed E-state index contributed by atoms with van der Waals surface area (Å²) < 4.78 is 4.56. The van der Waals surface area contributed by atoms with Crippen LogP contribution >= 0.6 is 11.3 Å². The summed E-state index contributed by atoms with van der Waals surface area (Å²) in [6.45, 7) is 1.94. The average molecular weight is 310 g/mol. The molecule has 2 N–H and O–H groups in total. The third-order valence-corrected chi connectivity index (χ3v) is 4.51. The minimum Gasteiger partial charge on any atom is -0.453 e. The Bertz CT molecular complexity index is 556. The Labute approximate surface area is 126 Å². The Morgan fingerprint density at radius 1 is 1.48 bits per heavy atom. The van der Waals surface area contributed by atoms with Crippen molar-refractivity contribution in [3.63, 3.8) is 0 Å². The molecule has 7 nitrogen and oxygen atoms in total. The SMILES string of the molecule is COC(=O)Nc1nc2c(s1)CN(CC(=O)NC1CC1)CC2. The van der Waals surface area contributed by atoms with Gasteiger partial charge < -0.3 is 10.1 Å². The third kappa shape index (κ3) is 3.70. The second kappa shape index (κ2) is 5.98. The molecule has 0 saturated heterocycles. The lowest BCUT2D eigenvalue weighted by molar-refractivity contribution is -0.122. The van der Waals surface area contributed by atoms with E-state index in [9.17, 15) is 9.59 Å². The third-order valence-electron chi connectivity index (χ3n) is 3.51. The molecule has 1 aliphatic heterocycles. The fourth-order valence-electron chi connectivity index (χ4n) is 2.28. The van der Waals surface area contributed by atoms with Crippen molar-refractivity contribution in [3.8, 4) is 0 Å². The number of rotatable bonds is 4. The van der Waals surface area contributed by atoms with E-state index < -0.39 is 6.09 Å². The zero-order valence-corrected chi connectivity index (χ0v) is 12.7. The van der Waals surface area contributed by atoms with E-state index in [0.717, 1.165) is 36.4 Å². The summed E-state index contributed by atoms with van der Waals surface area (Å²) in [6, 6.07) is 0.400. The van der Waals surface area contributed by atoms with Crippen LogP contribution in [0.5, 0.6) is 0 Å². The van der Waals surface area contributed by atoms with Crippen molar-refractivity contribution in [3.05, 3.63) is 10.6 Å². The Hall–Kier alpha value is -1.67. The first-order chi connectivity index (χ1) is 10.1. The van der Waals surface area contributed by atoms with Crippen LogP contribution in [0.2, 0.25) is 0 Å². The summed E-state index contributed by atoms with van der Waals surface area (Å²) >= 11 is 1.44. The molecule has 2 heterocycles. The summed E-state index contributed by atoms with van der Waals surface area (Å²) in [7, 11) is 1.32. The van der Waals surface area contributed by atoms with Crippen LogP contribution in [0, 0.1) is 0 Å². The van der Waals surface area contributed by atoms with Crippen molar-refractivity contribution in [1.82, 2.24) is 15.2 Å². The van der Waals surface area contributed by atoms with Gasteiger partial charge in [0.2, 0.25) is 5.91 Å². The topological polar surface area (TPSA) is 83.6 Å². The van der Waals surface area contributed by atoms with Gasteiger partial charge in [0.15, 0.2) is 5.13 Å². The maximum atomic E-state index is 11.8. The number of hydrogen-bond donors (Lipinski definition) is 2. The molecular formula is C13H18N4O3S. The molecule has 3 rings (SSSR count). The molecule has 0 bridgehead atoms. The Morgan fingerprint density at radius 3 is 3.00 bits per heavy atom. The predicted molar refractivity (Wildman–Crippen MR) is 78.3 cm³/mol. The summed E-state index contributed by atoms with van der Waals surface area (Å²) in [6.07, 6.45) is 2.49. The maximum absolute atomic E-state index is 11.8. The predicted octanol–water partition coefficient (Wildman–Crippen LogP) is 0.958. The summed E-state index contributed by atoms with van der Waals surface area (Å²) in [5.74, 6) is 0.0957. The molecule has 1 aromatic rings. The van der Waals surface area contributed by atoms with Gasteiger partial charge in [0.1, 0.15) is 0 Å². The van der Waals surface area contributed by atoms with Gasteiger partial charge in [0, 0.05) is 30.4 Å². The van der Waals surface area contributed by atoms with E-state index in [1.165, 1.54) is 18.4 Å². The smallest absolute Gasteiger partial charge is 0.413 e. The number of aromatic nitrogens is 1. The number of ether oxygens (including phenoxy) is 1. The Balaban J connectivity index is 1.56. The number of amides is 2. The molecule has 1 fully saturated rings. The molecule has 21 heavy (non-hydrogen) atoms. The summed E-state index contributed by atoms with van der Waals surface area (Å²) in [4.78, 5) is 30.6. The van der Waals surface area contributed by atoms with E-state index in [0.29, 0.717) is 24.3 Å². The number of carbonyl (C=O) groups is 2. The van der Waals surface area contributed by atoms with Gasteiger partial charge in [-0.15, -0.1) is 0 Å². The van der Waals surface area contributed by atoms with Gasteiger partial charge in [-0.2, -0.15) is 0 Å². The molecule has 2 aliphatic rings. The average Bonchev–Trinajstić information content (AvgIpc) is 3.16. The quantitative estimate of drug-likeness (QED) is 0.865. The molecule has 0 radical (unpaired) electrons. The van der Waals surface area contributed by atoms with Crippen LogP contribution in [-0.2, 0) is 22.5 Å². The number of nitrogens with zero attached hydrogens (tertiary/aromatic N) is 2. The van der Waals surface area contributed by atoms with Crippen LogP contribution in [0.4, 0.5) is 9.93 Å². The largest absolute Gasteiger partial charge is 0.453 e. The lowest BCUT2D eigenvalue weighted by Gasteiger charge is -2.25. The number of hydrogen-bond acceptors (Lipinski definition) is 6. The van der Waals surface area contributed by atoms with E-state index in [1.807, 2.05) is 0 Å². The molecule has 0 unspecified atom stereocenters. The first-order valence-electron chi connectivity index (χ1n) is 6.99. The van der Waals surface area contributed by atoms with E-state index in [2.05, 4.69) is 25.3 Å². The van der Waals surface area contributed by atoms with E-state index in [1.54, 1.807) is 0 Å². The van der Waals surface area contributed by atoms with Crippen molar-refractivity contribution in [2.75, 3.05) is 25.5 Å². The first-order valence-corrected chi connectivity index (χ1v) is 7.81. The Morgan fingerprint density at radius 2 is 2.29 bits per heavy atom. The van der Waals surface area contributed by atoms with Gasteiger partial charge in [-0.05, 0) is 12.8 Å². The number of fused-ring (bicyclic) bond motifs is 1. The lowest BCUT2D eigenvalue weighted by Crippen LogP contribution is -2.40. The van der Waals surface area contributed by atoms with Crippen LogP contribution in [-0.4, -0.2) is 48.1 Å². The molecular weight excluding hydrogens is 292 g/mol. The monoisotopic (exact) mass is 310 g/mol. The van der Waals surface area contributed by atoms with E-state index >= 15 is 0 Å². The van der Waals surface area contributed by atoms with Crippen molar-refractivity contribution < 1.29 is 14.3 Å². The van der Waals surface area contributed by atoms with Crippen LogP contribution < -0.4 is 10.6 Å². The van der Waals surface area contributed by atoms with Crippen LogP contribution in [0.25, 0.3) is 0 Å². The molecule has 0 spiro atoms. The number of methoxy groups -OCH3 is 1. The highest BCUT2D eigenvalue weighted by atomic mass is 32.1. The van der Waals surface area contributed by atoms with Crippen molar-refractivity contribution in [2.24, 2.45) is 0 Å². The fourth-order valence-corrected chi connectivity index (χ4v) is 3.32. The minimum absolute atomic E-state index is 0.0957. The molecule has 1 aliphatic carbocycles. The van der Waals surface area contributed by atoms with Crippen molar-refractivity contribution in [1.29, 1.82) is 0 Å². The maximum Gasteiger partial charge on any atom is 0.413 e. The Kier molecular flexibility index (Phi) is 4.07. The zero-order valence-electron chi connectivity index (χ0n) is 11.8. The number of thiazole rings is 1. The lowest BCUT2D eigenvalue weighted by atomic mass is 10.2. The molecule has 1 saturated carbocycles. The van der Waals surface area contributed by atoms with Crippen LogP contribution in [0.3, 0.4) is 0 Å². The molecule has 0 aromatic carbocycles. The normalized spacial score (nSPS) is 18.0. The standard InChI is InChI=1S/C13H18N4O3S/c1-20-13(19)16-12-15-9-4-5-17(6-10(9)21-12)7-11(18)14-8-2-3-8/h8H,2-7H2,1H3,(H,14,18)(H,15,16,19). The minimum atomic E-state index is -0.512. The highest BCUT2D eigenvalue weighted by molar-refractivity contribution is 7.15. The zero-order chi connectivity index (χ0) is 14.8. The molecule has 2 amide bonds.